The average molecular weight is 240 g/mol. The van der Waals surface area contributed by atoms with Crippen LogP contribution < -0.4 is 5.73 Å². The molecular formula is C10H10ClN3O2. The molecular weight excluding hydrogens is 230 g/mol. The second-order valence-electron chi connectivity index (χ2n) is 3.13. The molecule has 0 atom stereocenters. The SMILES string of the molecule is CCOC(=O)n1nc(N)c2c(Cl)cccc21. The normalized spacial score (nSPS) is 10.6. The Hall–Kier alpha value is -1.75. The van der Waals surface area contributed by atoms with E-state index < -0.39 is 6.09 Å². The van der Waals surface area contributed by atoms with Crippen molar-refractivity contribution in [2.24, 2.45) is 0 Å². The fourth-order valence-electron chi connectivity index (χ4n) is 1.48. The number of carbonyl (C=O) groups is 1. The number of ether oxygens (including phenoxy) is 1. The Morgan fingerprint density at radius 3 is 3.06 bits per heavy atom. The molecule has 0 amide bonds. The molecule has 1 aromatic carbocycles. The van der Waals surface area contributed by atoms with Crippen LogP contribution in [0.25, 0.3) is 10.9 Å². The molecule has 2 aromatic rings. The monoisotopic (exact) mass is 239 g/mol. The molecule has 2 rings (SSSR count). The molecule has 0 saturated heterocycles. The molecule has 1 aromatic heterocycles. The van der Waals surface area contributed by atoms with Crippen molar-refractivity contribution >= 4 is 34.4 Å². The molecule has 84 valence electrons. The summed E-state index contributed by atoms with van der Waals surface area (Å²) in [5, 5.41) is 4.93. The van der Waals surface area contributed by atoms with Gasteiger partial charge in [0.25, 0.3) is 0 Å². The highest BCUT2D eigenvalue weighted by Gasteiger charge is 2.16. The lowest BCUT2D eigenvalue weighted by atomic mass is 10.2. The molecule has 6 heteroatoms. The number of fused-ring (bicyclic) bond motifs is 1. The van der Waals surface area contributed by atoms with E-state index in [2.05, 4.69) is 5.10 Å². The third-order valence-electron chi connectivity index (χ3n) is 2.12. The zero-order valence-corrected chi connectivity index (χ0v) is 9.36. The molecule has 0 radical (unpaired) electrons. The van der Waals surface area contributed by atoms with Crippen molar-refractivity contribution in [3.8, 4) is 0 Å². The first kappa shape index (κ1) is 10.8. The number of hydrogen-bond acceptors (Lipinski definition) is 4. The van der Waals surface area contributed by atoms with Gasteiger partial charge in [0.2, 0.25) is 0 Å². The largest absolute Gasteiger partial charge is 0.448 e. The maximum absolute atomic E-state index is 11.6. The Morgan fingerprint density at radius 2 is 2.38 bits per heavy atom. The number of aromatic nitrogens is 2. The van der Waals surface area contributed by atoms with Crippen LogP contribution in [0.5, 0.6) is 0 Å². The zero-order chi connectivity index (χ0) is 11.7. The zero-order valence-electron chi connectivity index (χ0n) is 8.61. The summed E-state index contributed by atoms with van der Waals surface area (Å²) >= 11 is 5.97. The van der Waals surface area contributed by atoms with Gasteiger partial charge in [-0.2, -0.15) is 4.68 Å². The van der Waals surface area contributed by atoms with Gasteiger partial charge in [-0.15, -0.1) is 5.10 Å². The minimum absolute atomic E-state index is 0.216. The summed E-state index contributed by atoms with van der Waals surface area (Å²) in [4.78, 5) is 11.6. The molecule has 0 fully saturated rings. The summed E-state index contributed by atoms with van der Waals surface area (Å²) in [5.74, 6) is 0.216. The number of carbonyl (C=O) groups excluding carboxylic acids is 1. The van der Waals surface area contributed by atoms with Crippen LogP contribution in [0.3, 0.4) is 0 Å². The molecule has 5 nitrogen and oxygen atoms in total. The Labute approximate surface area is 96.7 Å². The molecule has 2 N–H and O–H groups in total. The van der Waals surface area contributed by atoms with E-state index >= 15 is 0 Å². The summed E-state index contributed by atoms with van der Waals surface area (Å²) in [6.45, 7) is 2.00. The topological polar surface area (TPSA) is 70.1 Å². The minimum Gasteiger partial charge on any atom is -0.448 e. The van der Waals surface area contributed by atoms with Gasteiger partial charge >= 0.3 is 6.09 Å². The highest BCUT2D eigenvalue weighted by molar-refractivity contribution is 6.36. The molecule has 0 aliphatic heterocycles. The Morgan fingerprint density at radius 1 is 1.62 bits per heavy atom. The Bertz CT molecular complexity index is 550. The van der Waals surface area contributed by atoms with Gasteiger partial charge in [-0.05, 0) is 19.1 Å². The number of anilines is 1. The van der Waals surface area contributed by atoms with E-state index in [1.807, 2.05) is 0 Å². The van der Waals surface area contributed by atoms with Gasteiger partial charge in [-0.1, -0.05) is 17.7 Å². The van der Waals surface area contributed by atoms with Gasteiger partial charge in [0.1, 0.15) is 0 Å². The lowest BCUT2D eigenvalue weighted by Crippen LogP contribution is -2.14. The van der Waals surface area contributed by atoms with Gasteiger partial charge < -0.3 is 10.5 Å². The molecule has 0 aliphatic carbocycles. The van der Waals surface area contributed by atoms with Gasteiger partial charge in [-0.25, -0.2) is 4.79 Å². The van der Waals surface area contributed by atoms with Crippen LogP contribution in [0.4, 0.5) is 10.6 Å². The molecule has 16 heavy (non-hydrogen) atoms. The standard InChI is InChI=1S/C10H10ClN3O2/c1-2-16-10(15)14-7-5-3-4-6(11)8(7)9(12)13-14/h3-5H,2H2,1H3,(H2,12,13). The molecule has 0 saturated carbocycles. The van der Waals surface area contributed by atoms with E-state index in [9.17, 15) is 4.79 Å². The quantitative estimate of drug-likeness (QED) is 0.829. The number of rotatable bonds is 1. The Kier molecular flexibility index (Phi) is 2.70. The summed E-state index contributed by atoms with van der Waals surface area (Å²) in [6, 6.07) is 5.13. The van der Waals surface area contributed by atoms with Crippen molar-refractivity contribution in [1.29, 1.82) is 0 Å². The predicted molar refractivity (Wildman–Crippen MR) is 61.6 cm³/mol. The number of nitrogen functional groups attached to an aromatic ring is 1. The number of nitrogens with zero attached hydrogens (tertiary/aromatic N) is 2. The summed E-state index contributed by atoms with van der Waals surface area (Å²) in [7, 11) is 0. The summed E-state index contributed by atoms with van der Waals surface area (Å²) in [5.41, 5.74) is 6.23. The summed E-state index contributed by atoms with van der Waals surface area (Å²) in [6.07, 6.45) is -0.563. The smallest absolute Gasteiger partial charge is 0.435 e. The average Bonchev–Trinajstić information content (AvgIpc) is 2.58. The third kappa shape index (κ3) is 1.59. The van der Waals surface area contributed by atoms with Crippen LogP contribution in [0.2, 0.25) is 5.02 Å². The minimum atomic E-state index is -0.563. The van der Waals surface area contributed by atoms with Gasteiger partial charge in [0, 0.05) is 0 Å². The number of hydrogen-bond donors (Lipinski definition) is 1. The van der Waals surface area contributed by atoms with Crippen LogP contribution in [-0.2, 0) is 4.74 Å². The number of nitrogens with two attached hydrogens (primary N) is 1. The first-order chi connectivity index (χ1) is 7.65. The highest BCUT2D eigenvalue weighted by Crippen LogP contribution is 2.28. The predicted octanol–water partition coefficient (Wildman–Crippen LogP) is 2.28. The van der Waals surface area contributed by atoms with Crippen LogP contribution in [0.15, 0.2) is 18.2 Å². The van der Waals surface area contributed by atoms with Crippen LogP contribution in [-0.4, -0.2) is 22.5 Å². The van der Waals surface area contributed by atoms with Crippen molar-refractivity contribution in [2.45, 2.75) is 6.92 Å². The van der Waals surface area contributed by atoms with Crippen molar-refractivity contribution < 1.29 is 9.53 Å². The van der Waals surface area contributed by atoms with Gasteiger partial charge in [0.15, 0.2) is 5.82 Å². The van der Waals surface area contributed by atoms with Crippen LogP contribution in [0.1, 0.15) is 6.92 Å². The van der Waals surface area contributed by atoms with Crippen LogP contribution >= 0.6 is 11.6 Å². The van der Waals surface area contributed by atoms with Gasteiger partial charge in [-0.3, -0.25) is 0 Å². The first-order valence-electron chi connectivity index (χ1n) is 4.75. The lowest BCUT2D eigenvalue weighted by Gasteiger charge is -2.01. The van der Waals surface area contributed by atoms with Crippen LogP contribution in [0, 0.1) is 0 Å². The maximum Gasteiger partial charge on any atom is 0.435 e. The van der Waals surface area contributed by atoms with Gasteiger partial charge in [0.05, 0.1) is 22.5 Å². The first-order valence-corrected chi connectivity index (χ1v) is 5.12. The van der Waals surface area contributed by atoms with E-state index in [4.69, 9.17) is 22.1 Å². The fourth-order valence-corrected chi connectivity index (χ4v) is 1.74. The number of benzene rings is 1. The Balaban J connectivity index is 2.64. The molecule has 0 spiro atoms. The maximum atomic E-state index is 11.6. The van der Waals surface area contributed by atoms with Crippen molar-refractivity contribution in [3.63, 3.8) is 0 Å². The van der Waals surface area contributed by atoms with E-state index in [1.54, 1.807) is 25.1 Å². The molecule has 0 unspecified atom stereocenters. The van der Waals surface area contributed by atoms with Crippen molar-refractivity contribution in [1.82, 2.24) is 9.78 Å². The highest BCUT2D eigenvalue weighted by atomic mass is 35.5. The molecule has 0 aliphatic rings. The molecule has 0 bridgehead atoms. The summed E-state index contributed by atoms with van der Waals surface area (Å²) < 4.78 is 5.96. The number of halogens is 1. The third-order valence-corrected chi connectivity index (χ3v) is 2.44. The second kappa shape index (κ2) is 4.02. The van der Waals surface area contributed by atoms with E-state index in [1.165, 1.54) is 0 Å². The van der Waals surface area contributed by atoms with E-state index in [-0.39, 0.29) is 12.4 Å². The van der Waals surface area contributed by atoms with Crippen molar-refractivity contribution in [2.75, 3.05) is 12.3 Å². The fraction of sp³-hybridized carbons (Fsp3) is 0.200. The molecule has 1 heterocycles. The van der Waals surface area contributed by atoms with E-state index in [0.29, 0.717) is 15.9 Å². The van der Waals surface area contributed by atoms with Crippen molar-refractivity contribution in [3.05, 3.63) is 23.2 Å². The lowest BCUT2D eigenvalue weighted by molar-refractivity contribution is 0.151. The second-order valence-corrected chi connectivity index (χ2v) is 3.54. The van der Waals surface area contributed by atoms with E-state index in [0.717, 1.165) is 4.68 Å².